The zero-order valence-electron chi connectivity index (χ0n) is 16.1. The Hall–Kier alpha value is -3.14. The van der Waals surface area contributed by atoms with Crippen LogP contribution in [-0.4, -0.2) is 19.9 Å². The Morgan fingerprint density at radius 1 is 0.536 bits per heavy atom. The summed E-state index contributed by atoms with van der Waals surface area (Å²) in [6.07, 6.45) is 4.07. The summed E-state index contributed by atoms with van der Waals surface area (Å²) in [6.45, 7) is 4.07. The lowest BCUT2D eigenvalue weighted by atomic mass is 9.90. The van der Waals surface area contributed by atoms with E-state index in [4.69, 9.17) is 19.9 Å². The molecule has 4 aromatic heterocycles. The van der Waals surface area contributed by atoms with E-state index >= 15 is 0 Å². The number of pyridine rings is 4. The molecule has 0 saturated carbocycles. The maximum absolute atomic E-state index is 5.00. The third-order valence-corrected chi connectivity index (χ3v) is 5.97. The van der Waals surface area contributed by atoms with Crippen molar-refractivity contribution in [1.29, 1.82) is 0 Å². The van der Waals surface area contributed by atoms with Gasteiger partial charge in [-0.3, -0.25) is 9.97 Å². The molecule has 2 aliphatic rings. The monoisotopic (exact) mass is 364 g/mol. The Morgan fingerprint density at radius 3 is 1.46 bits per heavy atom. The summed E-state index contributed by atoms with van der Waals surface area (Å²) >= 11 is 0. The van der Waals surface area contributed by atoms with Gasteiger partial charge in [-0.2, -0.15) is 0 Å². The van der Waals surface area contributed by atoms with Crippen molar-refractivity contribution in [3.63, 3.8) is 0 Å². The number of hydrogen-bond acceptors (Lipinski definition) is 4. The van der Waals surface area contributed by atoms with E-state index in [2.05, 4.69) is 36.4 Å². The van der Waals surface area contributed by atoms with Crippen molar-refractivity contribution in [3.05, 3.63) is 70.0 Å². The maximum atomic E-state index is 5.00. The molecule has 0 amide bonds. The average molecular weight is 364 g/mol. The topological polar surface area (TPSA) is 51.6 Å². The molecule has 0 radical (unpaired) electrons. The Morgan fingerprint density at radius 2 is 0.964 bits per heavy atom. The van der Waals surface area contributed by atoms with E-state index in [1.165, 1.54) is 22.3 Å². The standard InChI is InChI=1S/C24H20N4/c1-13-3-5-15-7-9-17-11-19-12-18-10-8-16-6-4-14(2)26-21(16)23(18)28-24(19)27-22(17)20(15)25-13/h3-6,11-12H,7-10H2,1-2H3. The second kappa shape index (κ2) is 5.68. The van der Waals surface area contributed by atoms with Gasteiger partial charge in [-0.1, -0.05) is 12.1 Å². The molecule has 0 bridgehead atoms. The SMILES string of the molecule is Cc1ccc2c(n1)-c1nc3nc4c(cc3cc1CC2)CCc1ccc(C)nc1-4. The number of fused-ring (bicyclic) bond motifs is 7. The summed E-state index contributed by atoms with van der Waals surface area (Å²) in [4.78, 5) is 19.6. The van der Waals surface area contributed by atoms with Crippen LogP contribution < -0.4 is 0 Å². The highest BCUT2D eigenvalue weighted by atomic mass is 14.9. The highest BCUT2D eigenvalue weighted by molar-refractivity contribution is 5.85. The number of hydrogen-bond donors (Lipinski definition) is 0. The molecule has 136 valence electrons. The predicted molar refractivity (Wildman–Crippen MR) is 110 cm³/mol. The van der Waals surface area contributed by atoms with Crippen LogP contribution in [0.2, 0.25) is 0 Å². The van der Waals surface area contributed by atoms with Crippen LogP contribution in [0, 0.1) is 13.8 Å². The molecular formula is C24H20N4. The van der Waals surface area contributed by atoms with Crippen molar-refractivity contribution < 1.29 is 0 Å². The molecule has 0 N–H and O–H groups in total. The van der Waals surface area contributed by atoms with Crippen LogP contribution >= 0.6 is 0 Å². The molecule has 0 spiro atoms. The molecule has 28 heavy (non-hydrogen) atoms. The van der Waals surface area contributed by atoms with Crippen LogP contribution in [0.1, 0.15) is 33.6 Å². The van der Waals surface area contributed by atoms with Gasteiger partial charge in [0.2, 0.25) is 0 Å². The molecule has 4 heterocycles. The first-order valence-electron chi connectivity index (χ1n) is 9.93. The molecule has 0 unspecified atom stereocenters. The highest BCUT2D eigenvalue weighted by Gasteiger charge is 2.23. The number of aryl methyl sites for hydroxylation is 6. The van der Waals surface area contributed by atoms with Gasteiger partial charge in [0.1, 0.15) is 0 Å². The minimum Gasteiger partial charge on any atom is -0.251 e. The number of aromatic nitrogens is 4. The molecule has 0 fully saturated rings. The zero-order valence-corrected chi connectivity index (χ0v) is 16.1. The highest BCUT2D eigenvalue weighted by Crippen LogP contribution is 2.36. The van der Waals surface area contributed by atoms with E-state index in [0.29, 0.717) is 0 Å². The lowest BCUT2D eigenvalue weighted by Crippen LogP contribution is -2.11. The third kappa shape index (κ3) is 2.30. The molecule has 0 aliphatic heterocycles. The summed E-state index contributed by atoms with van der Waals surface area (Å²) in [5.41, 5.74) is 12.0. The van der Waals surface area contributed by atoms with Gasteiger partial charge in [-0.05, 0) is 86.1 Å². The van der Waals surface area contributed by atoms with E-state index in [9.17, 15) is 0 Å². The Bertz CT molecular complexity index is 1190. The second-order valence-corrected chi connectivity index (χ2v) is 7.96. The molecule has 4 aromatic rings. The largest absolute Gasteiger partial charge is 0.251 e. The van der Waals surface area contributed by atoms with Crippen LogP contribution in [0.3, 0.4) is 0 Å². The van der Waals surface area contributed by atoms with Crippen LogP contribution in [0.4, 0.5) is 0 Å². The first-order valence-corrected chi connectivity index (χ1v) is 9.93. The predicted octanol–water partition coefficient (Wildman–Crippen LogP) is 4.57. The van der Waals surface area contributed by atoms with Gasteiger partial charge in [0.05, 0.1) is 22.8 Å². The minimum absolute atomic E-state index is 0.796. The fourth-order valence-electron chi connectivity index (χ4n) is 4.51. The van der Waals surface area contributed by atoms with Crippen molar-refractivity contribution in [3.8, 4) is 22.8 Å². The molecule has 0 saturated heterocycles. The van der Waals surface area contributed by atoms with Crippen molar-refractivity contribution in [1.82, 2.24) is 19.9 Å². The van der Waals surface area contributed by atoms with Crippen molar-refractivity contribution in [2.45, 2.75) is 39.5 Å². The molecular weight excluding hydrogens is 344 g/mol. The summed E-state index contributed by atoms with van der Waals surface area (Å²) in [7, 11) is 0. The van der Waals surface area contributed by atoms with E-state index in [-0.39, 0.29) is 0 Å². The molecule has 4 heteroatoms. The molecule has 6 rings (SSSR count). The lowest BCUT2D eigenvalue weighted by molar-refractivity contribution is 0.902. The van der Waals surface area contributed by atoms with E-state index < -0.39 is 0 Å². The minimum atomic E-state index is 0.796. The molecule has 0 atom stereocenters. The summed E-state index contributed by atoms with van der Waals surface area (Å²) < 4.78 is 0. The lowest BCUT2D eigenvalue weighted by Gasteiger charge is -2.21. The molecule has 4 nitrogen and oxygen atoms in total. The van der Waals surface area contributed by atoms with Gasteiger partial charge in [-0.15, -0.1) is 0 Å². The first-order chi connectivity index (χ1) is 13.7. The fraction of sp³-hybridized carbons (Fsp3) is 0.250. The van der Waals surface area contributed by atoms with Crippen molar-refractivity contribution in [2.75, 3.05) is 0 Å². The Balaban J connectivity index is 1.60. The van der Waals surface area contributed by atoms with Crippen LogP contribution in [0.25, 0.3) is 33.8 Å². The molecule has 0 aromatic carbocycles. The van der Waals surface area contributed by atoms with Crippen molar-refractivity contribution in [2.24, 2.45) is 0 Å². The quantitative estimate of drug-likeness (QED) is 0.459. The fourth-order valence-corrected chi connectivity index (χ4v) is 4.51. The maximum Gasteiger partial charge on any atom is 0.160 e. The van der Waals surface area contributed by atoms with Gasteiger partial charge in [-0.25, -0.2) is 9.97 Å². The van der Waals surface area contributed by atoms with Gasteiger partial charge in [0, 0.05) is 16.8 Å². The normalized spacial score (nSPS) is 14.2. The number of rotatable bonds is 0. The zero-order chi connectivity index (χ0) is 18.8. The van der Waals surface area contributed by atoms with E-state index in [0.717, 1.165) is 70.9 Å². The van der Waals surface area contributed by atoms with Gasteiger partial charge >= 0.3 is 0 Å². The van der Waals surface area contributed by atoms with Crippen LogP contribution in [0.15, 0.2) is 36.4 Å². The third-order valence-electron chi connectivity index (χ3n) is 5.97. The van der Waals surface area contributed by atoms with Gasteiger partial charge in [0.25, 0.3) is 0 Å². The van der Waals surface area contributed by atoms with Gasteiger partial charge in [0.15, 0.2) is 5.65 Å². The van der Waals surface area contributed by atoms with E-state index in [1.54, 1.807) is 0 Å². The summed E-state index contributed by atoms with van der Waals surface area (Å²) in [5, 5.41) is 1.13. The first kappa shape index (κ1) is 15.9. The smallest absolute Gasteiger partial charge is 0.160 e. The summed E-state index contributed by atoms with van der Waals surface area (Å²) in [6, 6.07) is 13.1. The van der Waals surface area contributed by atoms with Crippen LogP contribution in [0.5, 0.6) is 0 Å². The average Bonchev–Trinajstić information content (AvgIpc) is 2.71. The van der Waals surface area contributed by atoms with E-state index in [1.807, 2.05) is 13.8 Å². The Labute approximate surface area is 163 Å². The number of nitrogens with zero attached hydrogens (tertiary/aromatic N) is 4. The van der Waals surface area contributed by atoms with Crippen molar-refractivity contribution >= 4 is 11.0 Å². The molecule has 2 aliphatic carbocycles. The summed E-state index contributed by atoms with van der Waals surface area (Å²) in [5.74, 6) is 0. The van der Waals surface area contributed by atoms with Gasteiger partial charge < -0.3 is 0 Å². The van der Waals surface area contributed by atoms with Crippen LogP contribution in [-0.2, 0) is 25.7 Å². The second-order valence-electron chi connectivity index (χ2n) is 7.96. The Kier molecular flexibility index (Phi) is 3.22.